The van der Waals surface area contributed by atoms with E-state index in [0.29, 0.717) is 36.4 Å². The van der Waals surface area contributed by atoms with Gasteiger partial charge in [0.25, 0.3) is 0 Å². The Bertz CT molecular complexity index is 479. The van der Waals surface area contributed by atoms with Gasteiger partial charge in [-0.1, -0.05) is 6.92 Å². The summed E-state index contributed by atoms with van der Waals surface area (Å²) in [6.45, 7) is 7.15. The molecule has 0 aromatic carbocycles. The van der Waals surface area contributed by atoms with E-state index in [1.165, 1.54) is 0 Å². The summed E-state index contributed by atoms with van der Waals surface area (Å²) in [4.78, 5) is 22.9. The highest BCUT2D eigenvalue weighted by atomic mass is 32.2. The molecule has 0 spiro atoms. The molecule has 6 nitrogen and oxygen atoms in total. The van der Waals surface area contributed by atoms with Crippen molar-refractivity contribution >= 4 is 23.7 Å². The van der Waals surface area contributed by atoms with Gasteiger partial charge in [0, 0.05) is 19.3 Å². The molecule has 0 bridgehead atoms. The van der Waals surface area contributed by atoms with Crippen molar-refractivity contribution in [1.82, 2.24) is 9.97 Å². The third-order valence-electron chi connectivity index (χ3n) is 2.97. The monoisotopic (exact) mass is 311 g/mol. The third kappa shape index (κ3) is 4.31. The molecule has 0 unspecified atom stereocenters. The first-order chi connectivity index (χ1) is 10.3. The number of aromatic nitrogens is 2. The fourth-order valence-corrected chi connectivity index (χ4v) is 2.77. The fourth-order valence-electron chi connectivity index (χ4n) is 1.93. The van der Waals surface area contributed by atoms with E-state index in [1.54, 1.807) is 24.9 Å². The molecule has 1 aromatic heterocycles. The Kier molecular flexibility index (Phi) is 6.25. The molecule has 1 aliphatic heterocycles. The molecule has 0 radical (unpaired) electrons. The first-order valence-corrected chi connectivity index (χ1v) is 8.24. The highest BCUT2D eigenvalue weighted by molar-refractivity contribution is 7.99. The van der Waals surface area contributed by atoms with Crippen molar-refractivity contribution in [3.8, 4) is 0 Å². The van der Waals surface area contributed by atoms with Crippen LogP contribution in [0.1, 0.15) is 30.6 Å². The lowest BCUT2D eigenvalue weighted by atomic mass is 10.3. The molecule has 0 N–H and O–H groups in total. The number of nitrogens with zero attached hydrogens (tertiary/aromatic N) is 3. The van der Waals surface area contributed by atoms with Gasteiger partial charge in [-0.2, -0.15) is 0 Å². The second-order valence-corrected chi connectivity index (χ2v) is 5.64. The standard InChI is InChI=1S/C14H21N3O3S/c1-3-9-21-12-11(13(18)20-4-2)10-15-14(16-12)17-5-7-19-8-6-17/h10H,3-9H2,1-2H3. The van der Waals surface area contributed by atoms with Gasteiger partial charge in [0.15, 0.2) is 0 Å². The highest BCUT2D eigenvalue weighted by Crippen LogP contribution is 2.24. The number of anilines is 1. The summed E-state index contributed by atoms with van der Waals surface area (Å²) in [5, 5.41) is 0.701. The summed E-state index contributed by atoms with van der Waals surface area (Å²) in [5.41, 5.74) is 0.451. The fraction of sp³-hybridized carbons (Fsp3) is 0.643. The Morgan fingerprint density at radius 3 is 2.86 bits per heavy atom. The van der Waals surface area contributed by atoms with Crippen molar-refractivity contribution in [2.75, 3.05) is 43.6 Å². The van der Waals surface area contributed by atoms with Crippen molar-refractivity contribution in [3.05, 3.63) is 11.8 Å². The maximum absolute atomic E-state index is 12.0. The molecule has 1 aliphatic rings. The predicted octanol–water partition coefficient (Wildman–Crippen LogP) is 1.99. The van der Waals surface area contributed by atoms with E-state index in [1.807, 2.05) is 0 Å². The summed E-state index contributed by atoms with van der Waals surface area (Å²) in [7, 11) is 0. The van der Waals surface area contributed by atoms with E-state index >= 15 is 0 Å². The summed E-state index contributed by atoms with van der Waals surface area (Å²) in [6.07, 6.45) is 2.59. The zero-order valence-corrected chi connectivity index (χ0v) is 13.3. The number of hydrogen-bond donors (Lipinski definition) is 0. The number of hydrogen-bond acceptors (Lipinski definition) is 7. The van der Waals surface area contributed by atoms with E-state index in [9.17, 15) is 4.79 Å². The summed E-state index contributed by atoms with van der Waals surface area (Å²) in [5.74, 6) is 1.21. The molecule has 1 saturated heterocycles. The van der Waals surface area contributed by atoms with Crippen molar-refractivity contribution < 1.29 is 14.3 Å². The zero-order chi connectivity index (χ0) is 15.1. The van der Waals surface area contributed by atoms with Crippen molar-refractivity contribution in [3.63, 3.8) is 0 Å². The van der Waals surface area contributed by atoms with Crippen LogP contribution in [0.2, 0.25) is 0 Å². The average Bonchev–Trinajstić information content (AvgIpc) is 2.53. The first-order valence-electron chi connectivity index (χ1n) is 7.26. The van der Waals surface area contributed by atoms with E-state index < -0.39 is 0 Å². The van der Waals surface area contributed by atoms with E-state index in [0.717, 1.165) is 25.3 Å². The van der Waals surface area contributed by atoms with Crippen LogP contribution >= 0.6 is 11.8 Å². The van der Waals surface area contributed by atoms with Gasteiger partial charge in [-0.15, -0.1) is 11.8 Å². The van der Waals surface area contributed by atoms with Gasteiger partial charge in [-0.05, 0) is 19.1 Å². The lowest BCUT2D eigenvalue weighted by Gasteiger charge is -2.27. The smallest absolute Gasteiger partial charge is 0.342 e. The number of carbonyl (C=O) groups is 1. The quantitative estimate of drug-likeness (QED) is 0.452. The number of ether oxygens (including phenoxy) is 2. The lowest BCUT2D eigenvalue weighted by Crippen LogP contribution is -2.37. The van der Waals surface area contributed by atoms with Crippen LogP contribution in [0.3, 0.4) is 0 Å². The molecular formula is C14H21N3O3S. The van der Waals surface area contributed by atoms with Crippen LogP contribution in [0.4, 0.5) is 5.95 Å². The summed E-state index contributed by atoms with van der Waals surface area (Å²) >= 11 is 1.57. The van der Waals surface area contributed by atoms with Crippen LogP contribution < -0.4 is 4.90 Å². The Balaban J connectivity index is 2.22. The van der Waals surface area contributed by atoms with Gasteiger partial charge >= 0.3 is 5.97 Å². The molecule has 2 rings (SSSR count). The Hall–Kier alpha value is -1.34. The maximum atomic E-state index is 12.0. The molecule has 116 valence electrons. The maximum Gasteiger partial charge on any atom is 0.342 e. The molecule has 0 atom stereocenters. The van der Waals surface area contributed by atoms with Crippen LogP contribution in [0.15, 0.2) is 11.2 Å². The zero-order valence-electron chi connectivity index (χ0n) is 12.5. The summed E-state index contributed by atoms with van der Waals surface area (Å²) in [6, 6.07) is 0. The van der Waals surface area contributed by atoms with Gasteiger partial charge in [0.1, 0.15) is 10.6 Å². The third-order valence-corrected chi connectivity index (χ3v) is 4.17. The number of carbonyl (C=O) groups excluding carboxylic acids is 1. The van der Waals surface area contributed by atoms with Gasteiger partial charge in [-0.25, -0.2) is 14.8 Å². The number of esters is 1. The van der Waals surface area contributed by atoms with Gasteiger partial charge < -0.3 is 14.4 Å². The molecule has 21 heavy (non-hydrogen) atoms. The van der Waals surface area contributed by atoms with Crippen LogP contribution in [0.25, 0.3) is 0 Å². The molecule has 7 heteroatoms. The Morgan fingerprint density at radius 1 is 1.43 bits per heavy atom. The van der Waals surface area contributed by atoms with Gasteiger partial charge in [-0.3, -0.25) is 0 Å². The molecule has 0 aliphatic carbocycles. The molecule has 1 fully saturated rings. The van der Waals surface area contributed by atoms with Crippen molar-refractivity contribution in [2.24, 2.45) is 0 Å². The van der Waals surface area contributed by atoms with Crippen molar-refractivity contribution in [2.45, 2.75) is 25.3 Å². The second-order valence-electron chi connectivity index (χ2n) is 4.56. The lowest BCUT2D eigenvalue weighted by molar-refractivity contribution is 0.0520. The Labute approximate surface area is 129 Å². The topological polar surface area (TPSA) is 64.5 Å². The van der Waals surface area contributed by atoms with E-state index in [2.05, 4.69) is 21.8 Å². The number of thioether (sulfide) groups is 1. The van der Waals surface area contributed by atoms with Crippen LogP contribution in [0.5, 0.6) is 0 Å². The minimum Gasteiger partial charge on any atom is -0.462 e. The van der Waals surface area contributed by atoms with Gasteiger partial charge in [0.05, 0.1) is 19.8 Å². The van der Waals surface area contributed by atoms with Crippen LogP contribution in [-0.4, -0.2) is 54.6 Å². The molecule has 0 amide bonds. The largest absolute Gasteiger partial charge is 0.462 e. The minimum absolute atomic E-state index is 0.349. The predicted molar refractivity (Wildman–Crippen MR) is 82.0 cm³/mol. The highest BCUT2D eigenvalue weighted by Gasteiger charge is 2.19. The number of rotatable bonds is 6. The van der Waals surface area contributed by atoms with Crippen molar-refractivity contribution in [1.29, 1.82) is 0 Å². The number of morpholine rings is 1. The Morgan fingerprint density at radius 2 is 2.19 bits per heavy atom. The van der Waals surface area contributed by atoms with E-state index in [4.69, 9.17) is 9.47 Å². The van der Waals surface area contributed by atoms with E-state index in [-0.39, 0.29) is 5.97 Å². The molecule has 0 saturated carbocycles. The molecule has 1 aromatic rings. The molecule has 2 heterocycles. The SMILES string of the molecule is CCCSc1nc(N2CCOCC2)ncc1C(=O)OCC. The minimum atomic E-state index is -0.357. The van der Waals surface area contributed by atoms with Crippen LogP contribution in [0, 0.1) is 0 Å². The molecular weight excluding hydrogens is 290 g/mol. The normalized spacial score (nSPS) is 15.0. The second kappa shape index (κ2) is 8.19. The van der Waals surface area contributed by atoms with Gasteiger partial charge in [0.2, 0.25) is 5.95 Å². The average molecular weight is 311 g/mol. The summed E-state index contributed by atoms with van der Waals surface area (Å²) < 4.78 is 10.4. The first kappa shape index (κ1) is 16.0. The van der Waals surface area contributed by atoms with Crippen LogP contribution in [-0.2, 0) is 9.47 Å².